The second kappa shape index (κ2) is 1.95. The lowest BCUT2D eigenvalue weighted by Gasteiger charge is -2.18. The van der Waals surface area contributed by atoms with Crippen molar-refractivity contribution in [3.05, 3.63) is 0 Å². The number of carboxylic acids is 1. The van der Waals surface area contributed by atoms with Gasteiger partial charge >= 0.3 is 5.97 Å². The molecular formula is C7H11NO2. The minimum atomic E-state index is -0.674. The molecule has 2 aliphatic rings. The number of rotatable bonds is 1. The fraction of sp³-hybridized carbons (Fsp3) is 0.857. The van der Waals surface area contributed by atoms with Crippen LogP contribution in [0.25, 0.3) is 0 Å². The van der Waals surface area contributed by atoms with Crippen LogP contribution in [0.1, 0.15) is 12.8 Å². The Morgan fingerprint density at radius 2 is 2.40 bits per heavy atom. The van der Waals surface area contributed by atoms with Crippen LogP contribution in [0.3, 0.4) is 0 Å². The molecule has 3 atom stereocenters. The van der Waals surface area contributed by atoms with Crippen LogP contribution in [0.2, 0.25) is 0 Å². The minimum Gasteiger partial charge on any atom is -0.480 e. The molecule has 3 nitrogen and oxygen atoms in total. The zero-order valence-corrected chi connectivity index (χ0v) is 5.71. The first-order chi connectivity index (χ1) is 4.79. The summed E-state index contributed by atoms with van der Waals surface area (Å²) in [5, 5.41) is 11.7. The van der Waals surface area contributed by atoms with Crippen LogP contribution >= 0.6 is 0 Å². The average molecular weight is 141 g/mol. The number of nitrogens with one attached hydrogen (secondary N) is 1. The van der Waals surface area contributed by atoms with E-state index in [0.29, 0.717) is 5.92 Å². The van der Waals surface area contributed by atoms with Crippen LogP contribution in [0.5, 0.6) is 0 Å². The van der Waals surface area contributed by atoms with Crippen molar-refractivity contribution >= 4 is 5.97 Å². The monoisotopic (exact) mass is 141 g/mol. The Labute approximate surface area is 59.4 Å². The Morgan fingerprint density at radius 3 is 3.00 bits per heavy atom. The second-order valence-corrected chi connectivity index (χ2v) is 3.22. The van der Waals surface area contributed by atoms with Crippen LogP contribution in [0.4, 0.5) is 0 Å². The number of hydrogen-bond acceptors (Lipinski definition) is 2. The van der Waals surface area contributed by atoms with Gasteiger partial charge in [0.25, 0.3) is 0 Å². The maximum Gasteiger partial charge on any atom is 0.320 e. The highest BCUT2D eigenvalue weighted by Gasteiger charge is 2.48. The third-order valence-electron chi connectivity index (χ3n) is 2.55. The van der Waals surface area contributed by atoms with Gasteiger partial charge in [0.1, 0.15) is 6.04 Å². The predicted molar refractivity (Wildman–Crippen MR) is 35.6 cm³/mol. The molecule has 0 unspecified atom stereocenters. The first-order valence-corrected chi connectivity index (χ1v) is 3.75. The maximum atomic E-state index is 10.5. The van der Waals surface area contributed by atoms with Crippen LogP contribution < -0.4 is 5.32 Å². The Bertz CT molecular complexity index is 169. The fourth-order valence-electron chi connectivity index (χ4n) is 1.86. The standard InChI is InChI=1S/C7H11NO2/c9-7(10)6-5-3-4(5)1-2-8-6/h4-6,8H,1-3H2,(H,9,10)/t4-,5+,6-/m0/s1. The van der Waals surface area contributed by atoms with E-state index in [1.165, 1.54) is 6.42 Å². The molecule has 0 aromatic heterocycles. The van der Waals surface area contributed by atoms with Gasteiger partial charge in [0.2, 0.25) is 0 Å². The molecule has 0 spiro atoms. The van der Waals surface area contributed by atoms with Crippen molar-refractivity contribution < 1.29 is 9.90 Å². The lowest BCUT2D eigenvalue weighted by Crippen LogP contribution is -2.42. The van der Waals surface area contributed by atoms with Crippen molar-refractivity contribution in [3.8, 4) is 0 Å². The normalized spacial score (nSPS) is 44.2. The molecule has 1 saturated carbocycles. The van der Waals surface area contributed by atoms with Crippen LogP contribution in [0, 0.1) is 11.8 Å². The van der Waals surface area contributed by atoms with E-state index >= 15 is 0 Å². The van der Waals surface area contributed by atoms with Crippen molar-refractivity contribution in [2.45, 2.75) is 18.9 Å². The summed E-state index contributed by atoms with van der Waals surface area (Å²) in [6, 6.07) is -0.237. The molecule has 2 fully saturated rings. The Morgan fingerprint density at radius 1 is 1.60 bits per heavy atom. The van der Waals surface area contributed by atoms with Gasteiger partial charge in [-0.2, -0.15) is 0 Å². The third kappa shape index (κ3) is 0.814. The average Bonchev–Trinajstić information content (AvgIpc) is 2.63. The van der Waals surface area contributed by atoms with Crippen molar-refractivity contribution in [3.63, 3.8) is 0 Å². The molecule has 0 radical (unpaired) electrons. The first kappa shape index (κ1) is 6.16. The van der Waals surface area contributed by atoms with Gasteiger partial charge in [-0.15, -0.1) is 0 Å². The number of piperidine rings is 1. The SMILES string of the molecule is O=C(O)[C@H]1NCC[C@H]2C[C@H]21. The zero-order valence-electron chi connectivity index (χ0n) is 5.71. The highest BCUT2D eigenvalue weighted by Crippen LogP contribution is 2.45. The number of carboxylic acid groups (broad SMARTS) is 1. The topological polar surface area (TPSA) is 49.3 Å². The van der Waals surface area contributed by atoms with Gasteiger partial charge < -0.3 is 10.4 Å². The van der Waals surface area contributed by atoms with Gasteiger partial charge in [-0.1, -0.05) is 0 Å². The molecule has 0 amide bonds. The van der Waals surface area contributed by atoms with E-state index in [2.05, 4.69) is 5.32 Å². The van der Waals surface area contributed by atoms with E-state index in [0.717, 1.165) is 18.9 Å². The first-order valence-electron chi connectivity index (χ1n) is 3.75. The molecule has 10 heavy (non-hydrogen) atoms. The highest BCUT2D eigenvalue weighted by atomic mass is 16.4. The molecule has 56 valence electrons. The summed E-state index contributed by atoms with van der Waals surface area (Å²) in [5.41, 5.74) is 0. The van der Waals surface area contributed by atoms with Crippen molar-refractivity contribution in [1.29, 1.82) is 0 Å². The Balaban J connectivity index is 2.02. The van der Waals surface area contributed by atoms with E-state index in [1.54, 1.807) is 0 Å². The van der Waals surface area contributed by atoms with Crippen molar-refractivity contribution in [2.24, 2.45) is 11.8 Å². The smallest absolute Gasteiger partial charge is 0.320 e. The Hall–Kier alpha value is -0.570. The lowest BCUT2D eigenvalue weighted by molar-refractivity contribution is -0.140. The second-order valence-electron chi connectivity index (χ2n) is 3.22. The third-order valence-corrected chi connectivity index (χ3v) is 2.55. The van der Waals surface area contributed by atoms with E-state index in [9.17, 15) is 4.79 Å². The van der Waals surface area contributed by atoms with Crippen LogP contribution in [0.15, 0.2) is 0 Å². The van der Waals surface area contributed by atoms with Gasteiger partial charge in [-0.3, -0.25) is 4.79 Å². The van der Waals surface area contributed by atoms with Crippen molar-refractivity contribution in [2.75, 3.05) is 6.54 Å². The molecule has 3 heteroatoms. The quantitative estimate of drug-likeness (QED) is 0.543. The summed E-state index contributed by atoms with van der Waals surface area (Å²) in [5.74, 6) is 0.501. The van der Waals surface area contributed by atoms with Gasteiger partial charge in [0.15, 0.2) is 0 Å². The highest BCUT2D eigenvalue weighted by molar-refractivity contribution is 5.74. The predicted octanol–water partition coefficient (Wildman–Crippen LogP) is 0.0690. The molecule has 0 aromatic carbocycles. The summed E-state index contributed by atoms with van der Waals surface area (Å²) in [4.78, 5) is 10.5. The molecule has 1 aliphatic carbocycles. The van der Waals surface area contributed by atoms with E-state index in [4.69, 9.17) is 5.11 Å². The maximum absolute atomic E-state index is 10.5. The molecule has 1 heterocycles. The summed E-state index contributed by atoms with van der Waals surface area (Å²) >= 11 is 0. The molecule has 2 N–H and O–H groups in total. The number of hydrogen-bond donors (Lipinski definition) is 2. The molecule has 0 aromatic rings. The summed E-state index contributed by atoms with van der Waals surface area (Å²) in [7, 11) is 0. The number of aliphatic carboxylic acids is 1. The van der Waals surface area contributed by atoms with E-state index in [1.807, 2.05) is 0 Å². The summed E-state index contributed by atoms with van der Waals surface area (Å²) in [6.07, 6.45) is 2.30. The molecule has 1 aliphatic heterocycles. The lowest BCUT2D eigenvalue weighted by atomic mass is 10.1. The van der Waals surface area contributed by atoms with E-state index in [-0.39, 0.29) is 6.04 Å². The summed E-state index contributed by atoms with van der Waals surface area (Å²) in [6.45, 7) is 0.887. The molecule has 1 saturated heterocycles. The van der Waals surface area contributed by atoms with E-state index < -0.39 is 5.97 Å². The fourth-order valence-corrected chi connectivity index (χ4v) is 1.86. The number of fused-ring (bicyclic) bond motifs is 1. The van der Waals surface area contributed by atoms with Gasteiger partial charge in [-0.25, -0.2) is 0 Å². The Kier molecular flexibility index (Phi) is 1.20. The minimum absolute atomic E-state index is 0.237. The van der Waals surface area contributed by atoms with Gasteiger partial charge in [-0.05, 0) is 31.2 Å². The largest absolute Gasteiger partial charge is 0.480 e. The molecular weight excluding hydrogens is 130 g/mol. The van der Waals surface area contributed by atoms with Crippen LogP contribution in [-0.4, -0.2) is 23.7 Å². The van der Waals surface area contributed by atoms with Crippen LogP contribution in [-0.2, 0) is 4.79 Å². The zero-order chi connectivity index (χ0) is 7.14. The molecule has 2 rings (SSSR count). The summed E-state index contributed by atoms with van der Waals surface area (Å²) < 4.78 is 0. The van der Waals surface area contributed by atoms with Gasteiger partial charge in [0.05, 0.1) is 0 Å². The van der Waals surface area contributed by atoms with Crippen molar-refractivity contribution in [1.82, 2.24) is 5.32 Å². The molecule has 0 bridgehead atoms. The number of carbonyl (C=O) groups is 1. The van der Waals surface area contributed by atoms with Gasteiger partial charge in [0, 0.05) is 0 Å².